The molecular weight excluding hydrogens is 851 g/mol. The summed E-state index contributed by atoms with van der Waals surface area (Å²) in [6, 6.07) is 6.17. The van der Waals surface area contributed by atoms with Gasteiger partial charge in [-0.25, -0.2) is 13.8 Å². The fourth-order valence-corrected chi connectivity index (χ4v) is 7.69. The van der Waals surface area contributed by atoms with Crippen LogP contribution in [0.2, 0.25) is 0 Å². The summed E-state index contributed by atoms with van der Waals surface area (Å²) in [6.45, 7) is 11.3. The van der Waals surface area contributed by atoms with E-state index in [1.165, 1.54) is 11.0 Å². The number of hydrogen-bond donors (Lipinski definition) is 6. The Hall–Kier alpha value is -6.53. The van der Waals surface area contributed by atoms with Crippen LogP contribution in [0.1, 0.15) is 91.1 Å². The summed E-state index contributed by atoms with van der Waals surface area (Å²) >= 11 is 0. The zero-order valence-electron chi connectivity index (χ0n) is 37.5. The minimum absolute atomic E-state index is 0.0188. The second kappa shape index (κ2) is 22.4. The van der Waals surface area contributed by atoms with E-state index in [-0.39, 0.29) is 17.7 Å². The van der Waals surface area contributed by atoms with Crippen LogP contribution in [0.5, 0.6) is 5.75 Å². The third-order valence-electron chi connectivity index (χ3n) is 10.9. The molecule has 5 amide bonds. The lowest BCUT2D eigenvalue weighted by atomic mass is 9.81. The average molecular weight is 909 g/mol. The Morgan fingerprint density at radius 2 is 1.43 bits per heavy atom. The van der Waals surface area contributed by atoms with Crippen molar-refractivity contribution in [3.63, 3.8) is 0 Å². The van der Waals surface area contributed by atoms with E-state index >= 15 is 0 Å². The first kappa shape index (κ1) is 51.1. The SMILES string of the molecule is CC(C)[C@H](NC(=O)c1ccc2ccccc2n1)C(=O)N[C@@H](CCC(=O)O)C(=O)N[C@H](C(=O)N1CC[C@@H](CC(C)(C)C)C1C(=O)N[C@@H](CC(=O)O)C(=O)COc1c(F)cccc1F)C(C)C. The zero-order valence-corrected chi connectivity index (χ0v) is 37.5. The highest BCUT2D eigenvalue weighted by molar-refractivity contribution is 6.00. The number of likely N-dealkylation sites (tertiary alicyclic amines) is 1. The topological polar surface area (TPSA) is 250 Å². The number of carboxylic acids is 2. The van der Waals surface area contributed by atoms with Crippen LogP contribution < -0.4 is 26.0 Å². The van der Waals surface area contributed by atoms with Gasteiger partial charge in [-0.3, -0.25) is 38.4 Å². The lowest BCUT2D eigenvalue weighted by molar-refractivity contribution is -0.145. The van der Waals surface area contributed by atoms with Crippen molar-refractivity contribution in [1.29, 1.82) is 0 Å². The van der Waals surface area contributed by atoms with Crippen LogP contribution in [0.3, 0.4) is 0 Å². The number of fused-ring (bicyclic) bond motifs is 1. The predicted molar refractivity (Wildman–Crippen MR) is 232 cm³/mol. The molecule has 1 unspecified atom stereocenters. The molecule has 6 N–H and O–H groups in total. The van der Waals surface area contributed by atoms with Gasteiger partial charge in [0.25, 0.3) is 5.91 Å². The molecule has 3 aromatic rings. The number of halogens is 2. The van der Waals surface area contributed by atoms with Crippen LogP contribution in [-0.4, -0.2) is 111 Å². The van der Waals surface area contributed by atoms with Crippen molar-refractivity contribution in [2.24, 2.45) is 23.2 Å². The fraction of sp³-hybridized carbons (Fsp3) is 0.500. The highest BCUT2D eigenvalue weighted by atomic mass is 19.1. The van der Waals surface area contributed by atoms with Gasteiger partial charge in [0.05, 0.1) is 11.9 Å². The van der Waals surface area contributed by atoms with Gasteiger partial charge < -0.3 is 41.1 Å². The number of para-hydroxylation sites is 2. The summed E-state index contributed by atoms with van der Waals surface area (Å²) in [4.78, 5) is 112. The maximum absolute atomic E-state index is 14.6. The van der Waals surface area contributed by atoms with Gasteiger partial charge in [0.1, 0.15) is 42.5 Å². The van der Waals surface area contributed by atoms with E-state index in [0.717, 1.165) is 23.6 Å². The van der Waals surface area contributed by atoms with Crippen LogP contribution in [-0.2, 0) is 33.6 Å². The summed E-state index contributed by atoms with van der Waals surface area (Å²) in [6.07, 6.45) is -1.17. The van der Waals surface area contributed by atoms with E-state index in [1.54, 1.807) is 45.9 Å². The molecule has 6 atom stereocenters. The molecule has 1 fully saturated rings. The van der Waals surface area contributed by atoms with Crippen LogP contribution >= 0.6 is 0 Å². The first-order valence-corrected chi connectivity index (χ1v) is 21.4. The molecule has 0 aliphatic carbocycles. The van der Waals surface area contributed by atoms with Gasteiger partial charge in [0.2, 0.25) is 23.6 Å². The molecule has 0 bridgehead atoms. The molecule has 2 aromatic carbocycles. The van der Waals surface area contributed by atoms with Crippen molar-refractivity contribution in [1.82, 2.24) is 31.2 Å². The predicted octanol–water partition coefficient (Wildman–Crippen LogP) is 4.02. The number of rotatable bonds is 21. The van der Waals surface area contributed by atoms with Gasteiger partial charge in [0.15, 0.2) is 23.2 Å². The van der Waals surface area contributed by atoms with Gasteiger partial charge in [-0.1, -0.05) is 78.8 Å². The Morgan fingerprint density at radius 3 is 2.03 bits per heavy atom. The van der Waals surface area contributed by atoms with E-state index in [1.807, 2.05) is 32.9 Å². The number of ketones is 1. The second-order valence-electron chi connectivity index (χ2n) is 18.1. The van der Waals surface area contributed by atoms with Gasteiger partial charge >= 0.3 is 11.9 Å². The molecule has 2 heterocycles. The average Bonchev–Trinajstić information content (AvgIpc) is 3.63. The van der Waals surface area contributed by atoms with E-state index in [9.17, 15) is 57.4 Å². The minimum atomic E-state index is -1.73. The number of amides is 5. The fourth-order valence-electron chi connectivity index (χ4n) is 7.69. The molecule has 1 aliphatic rings. The third-order valence-corrected chi connectivity index (χ3v) is 10.9. The number of aliphatic carboxylic acids is 2. The number of aromatic nitrogens is 1. The number of Topliss-reactive ketones (excluding diaryl/α,β-unsaturated/α-hetero) is 1. The van der Waals surface area contributed by atoms with Crippen molar-refractivity contribution in [2.75, 3.05) is 13.2 Å². The number of carbonyl (C=O) groups excluding carboxylic acids is 6. The highest BCUT2D eigenvalue weighted by Gasteiger charge is 2.46. The van der Waals surface area contributed by atoms with E-state index in [2.05, 4.69) is 26.3 Å². The molecule has 0 spiro atoms. The van der Waals surface area contributed by atoms with Crippen LogP contribution in [0.4, 0.5) is 8.78 Å². The maximum atomic E-state index is 14.6. The summed E-state index contributed by atoms with van der Waals surface area (Å²) in [5, 5.41) is 30.3. The maximum Gasteiger partial charge on any atom is 0.305 e. The number of nitrogens with zero attached hydrogens (tertiary/aromatic N) is 2. The monoisotopic (exact) mass is 908 g/mol. The third kappa shape index (κ3) is 14.2. The molecule has 352 valence electrons. The molecule has 19 heteroatoms. The first-order valence-electron chi connectivity index (χ1n) is 21.4. The Morgan fingerprint density at radius 1 is 0.785 bits per heavy atom. The normalized spacial score (nSPS) is 16.9. The molecule has 17 nitrogen and oxygen atoms in total. The quantitative estimate of drug-likeness (QED) is 0.0887. The highest BCUT2D eigenvalue weighted by Crippen LogP contribution is 2.36. The van der Waals surface area contributed by atoms with Crippen molar-refractivity contribution in [3.8, 4) is 5.75 Å². The zero-order chi connectivity index (χ0) is 48.3. The smallest absolute Gasteiger partial charge is 0.305 e. The van der Waals surface area contributed by atoms with Crippen molar-refractivity contribution < 1.29 is 62.1 Å². The van der Waals surface area contributed by atoms with Crippen molar-refractivity contribution in [2.45, 2.75) is 111 Å². The van der Waals surface area contributed by atoms with E-state index in [0.29, 0.717) is 18.4 Å². The molecule has 4 rings (SSSR count). The van der Waals surface area contributed by atoms with Crippen LogP contribution in [0, 0.1) is 34.8 Å². The van der Waals surface area contributed by atoms with Gasteiger partial charge in [-0.2, -0.15) is 0 Å². The number of hydrogen-bond acceptors (Lipinski definition) is 10. The summed E-state index contributed by atoms with van der Waals surface area (Å²) in [7, 11) is 0. The minimum Gasteiger partial charge on any atom is -0.481 e. The van der Waals surface area contributed by atoms with E-state index in [4.69, 9.17) is 4.74 Å². The van der Waals surface area contributed by atoms with Gasteiger partial charge in [-0.15, -0.1) is 0 Å². The Kier molecular flexibility index (Phi) is 17.6. The number of ether oxygens (including phenoxy) is 1. The Balaban J connectivity index is 1.56. The number of benzene rings is 2. The Labute approximate surface area is 375 Å². The van der Waals surface area contributed by atoms with E-state index < -0.39 is 138 Å². The van der Waals surface area contributed by atoms with Crippen LogP contribution in [0.25, 0.3) is 10.9 Å². The number of carbonyl (C=O) groups is 8. The lowest BCUT2D eigenvalue weighted by Gasteiger charge is -2.35. The van der Waals surface area contributed by atoms with Gasteiger partial charge in [0, 0.05) is 18.4 Å². The number of nitrogens with one attached hydrogen (secondary N) is 4. The largest absolute Gasteiger partial charge is 0.481 e. The van der Waals surface area contributed by atoms with Crippen LogP contribution in [0.15, 0.2) is 54.6 Å². The molecule has 65 heavy (non-hydrogen) atoms. The molecule has 0 radical (unpaired) electrons. The molecule has 0 saturated carbocycles. The molecular formula is C46H58F2N6O11. The molecule has 1 aliphatic heterocycles. The lowest BCUT2D eigenvalue weighted by Crippen LogP contribution is -2.61. The summed E-state index contributed by atoms with van der Waals surface area (Å²) < 4.78 is 33.5. The number of carboxylic acid groups (broad SMARTS) is 2. The van der Waals surface area contributed by atoms with Crippen molar-refractivity contribution >= 4 is 58.2 Å². The summed E-state index contributed by atoms with van der Waals surface area (Å²) in [5.41, 5.74) is 0.209. The number of pyridine rings is 1. The molecule has 1 saturated heterocycles. The second-order valence-corrected chi connectivity index (χ2v) is 18.1. The van der Waals surface area contributed by atoms with Gasteiger partial charge in [-0.05, 0) is 66.7 Å². The summed E-state index contributed by atoms with van der Waals surface area (Å²) in [5.74, 6) is -12.5. The molecule has 1 aromatic heterocycles. The van der Waals surface area contributed by atoms with Crippen molar-refractivity contribution in [3.05, 3.63) is 71.9 Å². The standard InChI is InChI=1S/C46H58F2N6O11/c1-24(2)37(52-41(60)31-16-15-26-11-8-9-14-30(26)49-31)43(62)50-32(17-18-35(56)57)42(61)53-38(25(3)4)45(64)54-20-19-27(22-46(5,6)7)39(54)44(63)51-33(21-36(58)59)34(55)23-65-40-28(47)12-10-13-29(40)48/h8-16,24-25,27,32-33,37-39H,17-23H2,1-7H3,(H,50,62)(H,51,63)(H,52,60)(H,53,61)(H,56,57)(H,58,59)/t27-,32-,33-,37-,38-,39?/m0/s1. The first-order chi connectivity index (χ1) is 30.5. The Bertz CT molecular complexity index is 2240.